The highest BCUT2D eigenvalue weighted by Gasteiger charge is 2.31. The van der Waals surface area contributed by atoms with E-state index in [1.807, 2.05) is 17.7 Å². The molecule has 1 fully saturated rings. The van der Waals surface area contributed by atoms with Crippen molar-refractivity contribution in [2.75, 3.05) is 0 Å². The van der Waals surface area contributed by atoms with Crippen LogP contribution >= 0.6 is 15.9 Å². The SMILES string of the molecule is C[C@H]1CC[C@H](C(=O)NS(=O)(=O)c2cc(Br)cc(C#N)c2)O1. The standard InChI is InChI=1S/C13H13BrN2O4S/c1-8-2-3-12(20-8)13(17)16-21(18,19)11-5-9(7-15)4-10(14)6-11/h4-6,8,12H,2-3H2,1H3,(H,16,17)/t8-,12+/m0/s1. The Morgan fingerprint density at radius 1 is 1.43 bits per heavy atom. The number of hydrogen-bond acceptors (Lipinski definition) is 5. The van der Waals surface area contributed by atoms with Crippen molar-refractivity contribution in [2.24, 2.45) is 0 Å². The van der Waals surface area contributed by atoms with Crippen LogP contribution in [0.5, 0.6) is 0 Å². The molecule has 6 nitrogen and oxygen atoms in total. The first-order chi connectivity index (χ1) is 9.81. The van der Waals surface area contributed by atoms with Crippen LogP contribution in [0.2, 0.25) is 0 Å². The van der Waals surface area contributed by atoms with Gasteiger partial charge in [0.15, 0.2) is 0 Å². The highest BCUT2D eigenvalue weighted by Crippen LogP contribution is 2.22. The minimum absolute atomic E-state index is 0.0560. The van der Waals surface area contributed by atoms with Crippen LogP contribution in [-0.4, -0.2) is 26.5 Å². The lowest BCUT2D eigenvalue weighted by Crippen LogP contribution is -2.38. The molecule has 1 aliphatic heterocycles. The summed E-state index contributed by atoms with van der Waals surface area (Å²) < 4.78 is 32.1. The first-order valence-electron chi connectivity index (χ1n) is 6.24. The molecule has 112 valence electrons. The number of carbonyl (C=O) groups excluding carboxylic acids is 1. The van der Waals surface area contributed by atoms with Gasteiger partial charge in [0.05, 0.1) is 22.6 Å². The number of ether oxygens (including phenoxy) is 1. The number of nitrogens with zero attached hydrogens (tertiary/aromatic N) is 1. The molecule has 1 N–H and O–H groups in total. The van der Waals surface area contributed by atoms with E-state index in [4.69, 9.17) is 10.00 Å². The Balaban J connectivity index is 2.21. The number of rotatable bonds is 3. The summed E-state index contributed by atoms with van der Waals surface area (Å²) >= 11 is 3.13. The minimum atomic E-state index is -4.03. The maximum atomic E-state index is 12.2. The number of nitrogens with one attached hydrogen (secondary N) is 1. The van der Waals surface area contributed by atoms with Crippen molar-refractivity contribution in [2.45, 2.75) is 36.9 Å². The van der Waals surface area contributed by atoms with E-state index in [0.29, 0.717) is 17.3 Å². The van der Waals surface area contributed by atoms with Crippen LogP contribution in [0.1, 0.15) is 25.3 Å². The molecule has 1 heterocycles. The lowest BCUT2D eigenvalue weighted by atomic mass is 10.2. The molecule has 21 heavy (non-hydrogen) atoms. The van der Waals surface area contributed by atoms with Gasteiger partial charge in [-0.25, -0.2) is 13.1 Å². The molecule has 1 saturated heterocycles. The molecule has 1 aromatic rings. The lowest BCUT2D eigenvalue weighted by molar-refractivity contribution is -0.129. The van der Waals surface area contributed by atoms with Crippen molar-refractivity contribution in [3.05, 3.63) is 28.2 Å². The first-order valence-corrected chi connectivity index (χ1v) is 8.52. The Kier molecular flexibility index (Phi) is 4.66. The molecule has 1 amide bonds. The zero-order valence-corrected chi connectivity index (χ0v) is 13.6. The fraction of sp³-hybridized carbons (Fsp3) is 0.385. The Morgan fingerprint density at radius 2 is 2.14 bits per heavy atom. The summed E-state index contributed by atoms with van der Waals surface area (Å²) in [6.45, 7) is 1.83. The van der Waals surface area contributed by atoms with E-state index in [0.717, 1.165) is 0 Å². The minimum Gasteiger partial charge on any atom is -0.365 e. The maximum Gasteiger partial charge on any atom is 0.264 e. The summed E-state index contributed by atoms with van der Waals surface area (Å²) in [6, 6.07) is 5.89. The molecule has 2 atom stereocenters. The molecule has 1 aromatic carbocycles. The molecule has 0 spiro atoms. The maximum absolute atomic E-state index is 12.2. The van der Waals surface area contributed by atoms with Crippen molar-refractivity contribution in [1.29, 1.82) is 5.26 Å². The van der Waals surface area contributed by atoms with Crippen molar-refractivity contribution < 1.29 is 17.9 Å². The van der Waals surface area contributed by atoms with Gasteiger partial charge in [0.2, 0.25) is 0 Å². The first kappa shape index (κ1) is 15.9. The van der Waals surface area contributed by atoms with Crippen molar-refractivity contribution in [3.63, 3.8) is 0 Å². The topological polar surface area (TPSA) is 96.3 Å². The zero-order chi connectivity index (χ0) is 15.6. The Hall–Kier alpha value is -1.43. The van der Waals surface area contributed by atoms with Gasteiger partial charge in [-0.05, 0) is 38.0 Å². The van der Waals surface area contributed by atoms with Crippen molar-refractivity contribution >= 4 is 31.9 Å². The van der Waals surface area contributed by atoms with Gasteiger partial charge in [0, 0.05) is 4.47 Å². The Morgan fingerprint density at radius 3 is 2.71 bits per heavy atom. The van der Waals surface area contributed by atoms with E-state index >= 15 is 0 Å². The number of benzene rings is 1. The van der Waals surface area contributed by atoms with Crippen LogP contribution < -0.4 is 4.72 Å². The predicted octanol–water partition coefficient (Wildman–Crippen LogP) is 1.69. The van der Waals surface area contributed by atoms with Gasteiger partial charge in [0.25, 0.3) is 15.9 Å². The van der Waals surface area contributed by atoms with Gasteiger partial charge in [0.1, 0.15) is 6.10 Å². The number of halogens is 1. The molecule has 0 saturated carbocycles. The summed E-state index contributed by atoms with van der Waals surface area (Å²) in [7, 11) is -4.03. The fourth-order valence-electron chi connectivity index (χ4n) is 2.03. The van der Waals surface area contributed by atoms with E-state index in [9.17, 15) is 13.2 Å². The zero-order valence-electron chi connectivity index (χ0n) is 11.2. The Bertz CT molecular complexity index is 711. The van der Waals surface area contributed by atoms with Gasteiger partial charge in [-0.15, -0.1) is 0 Å². The molecule has 8 heteroatoms. The largest absolute Gasteiger partial charge is 0.365 e. The second kappa shape index (κ2) is 6.13. The summed E-state index contributed by atoms with van der Waals surface area (Å²) in [5, 5.41) is 8.86. The molecule has 0 bridgehead atoms. The number of nitriles is 1. The average Bonchev–Trinajstić information content (AvgIpc) is 2.84. The molecule has 2 rings (SSSR count). The normalized spacial score (nSPS) is 21.8. The van der Waals surface area contributed by atoms with Gasteiger partial charge < -0.3 is 4.74 Å². The van der Waals surface area contributed by atoms with Gasteiger partial charge in [-0.1, -0.05) is 15.9 Å². The summed E-state index contributed by atoms with van der Waals surface area (Å²) in [6.07, 6.45) is 0.398. The third-order valence-electron chi connectivity index (χ3n) is 3.07. The van der Waals surface area contributed by atoms with Crippen LogP contribution in [0.25, 0.3) is 0 Å². The second-order valence-electron chi connectivity index (χ2n) is 4.77. The van der Waals surface area contributed by atoms with Crippen molar-refractivity contribution in [1.82, 2.24) is 4.72 Å². The van der Waals surface area contributed by atoms with Crippen LogP contribution in [0.4, 0.5) is 0 Å². The average molecular weight is 373 g/mol. The van der Waals surface area contributed by atoms with E-state index < -0.39 is 22.0 Å². The molecule has 0 radical (unpaired) electrons. The highest BCUT2D eigenvalue weighted by molar-refractivity contribution is 9.10. The number of amides is 1. The predicted molar refractivity (Wildman–Crippen MR) is 77.8 cm³/mol. The van der Waals surface area contributed by atoms with Gasteiger partial charge in [-0.2, -0.15) is 5.26 Å². The molecular formula is C13H13BrN2O4S. The van der Waals surface area contributed by atoms with Crippen molar-refractivity contribution in [3.8, 4) is 6.07 Å². The summed E-state index contributed by atoms with van der Waals surface area (Å²) in [4.78, 5) is 11.8. The lowest BCUT2D eigenvalue weighted by Gasteiger charge is -2.12. The van der Waals surface area contributed by atoms with Crippen LogP contribution in [0.3, 0.4) is 0 Å². The van der Waals surface area contributed by atoms with E-state index in [1.165, 1.54) is 18.2 Å². The van der Waals surface area contributed by atoms with E-state index in [1.54, 1.807) is 0 Å². The van der Waals surface area contributed by atoms with Crippen LogP contribution in [0.15, 0.2) is 27.6 Å². The molecule has 0 aliphatic carbocycles. The summed E-state index contributed by atoms with van der Waals surface area (Å²) in [5.74, 6) is -0.683. The highest BCUT2D eigenvalue weighted by atomic mass is 79.9. The molecule has 1 aliphatic rings. The van der Waals surface area contributed by atoms with Gasteiger partial charge in [-0.3, -0.25) is 4.79 Å². The quantitative estimate of drug-likeness (QED) is 0.870. The fourth-order valence-corrected chi connectivity index (χ4v) is 3.76. The Labute approximate surface area is 131 Å². The third-order valence-corrected chi connectivity index (χ3v) is 4.85. The van der Waals surface area contributed by atoms with E-state index in [2.05, 4.69) is 15.9 Å². The second-order valence-corrected chi connectivity index (χ2v) is 7.37. The van der Waals surface area contributed by atoms with E-state index in [-0.39, 0.29) is 16.6 Å². The smallest absolute Gasteiger partial charge is 0.264 e. The number of hydrogen-bond donors (Lipinski definition) is 1. The number of carbonyl (C=O) groups is 1. The molecule has 0 unspecified atom stereocenters. The van der Waals surface area contributed by atoms with Crippen LogP contribution in [0, 0.1) is 11.3 Å². The van der Waals surface area contributed by atoms with Gasteiger partial charge >= 0.3 is 0 Å². The molecule has 0 aromatic heterocycles. The monoisotopic (exact) mass is 372 g/mol. The number of sulfonamides is 1. The third kappa shape index (κ3) is 3.81. The molecular weight excluding hydrogens is 360 g/mol. The summed E-state index contributed by atoms with van der Waals surface area (Å²) in [5.41, 5.74) is 0.183. The van der Waals surface area contributed by atoms with Crippen LogP contribution in [-0.2, 0) is 19.6 Å².